The van der Waals surface area contributed by atoms with E-state index in [4.69, 9.17) is 11.6 Å². The van der Waals surface area contributed by atoms with Crippen LogP contribution in [-0.4, -0.2) is 15.5 Å². The Balaban J connectivity index is 1.63. The molecule has 3 heterocycles. The van der Waals surface area contributed by atoms with Crippen molar-refractivity contribution in [1.82, 2.24) is 9.47 Å². The van der Waals surface area contributed by atoms with Crippen LogP contribution in [0.4, 0.5) is 10.5 Å². The lowest BCUT2D eigenvalue weighted by molar-refractivity contribution is 0.195. The van der Waals surface area contributed by atoms with Gasteiger partial charge in [0.15, 0.2) is 0 Å². The number of hydrogen-bond acceptors (Lipinski definition) is 2. The van der Waals surface area contributed by atoms with Crippen LogP contribution in [0.15, 0.2) is 84.4 Å². The van der Waals surface area contributed by atoms with Gasteiger partial charge in [0, 0.05) is 11.1 Å². The monoisotopic (exact) mass is 419 g/mol. The molecule has 0 aliphatic carbocycles. The lowest BCUT2D eigenvalue weighted by Crippen LogP contribution is -2.37. The van der Waals surface area contributed by atoms with Crippen LogP contribution in [0.3, 0.4) is 0 Å². The highest BCUT2D eigenvalue weighted by Gasteiger charge is 2.33. The lowest BCUT2D eigenvalue weighted by atomic mass is 10.1. The Hall–Kier alpha value is -3.02. The number of para-hydroxylation sites is 2. The molecule has 4 nitrogen and oxygen atoms in total. The minimum Gasteiger partial charge on any atom is -0.318 e. The average molecular weight is 420 g/mol. The number of anilines is 1. The molecule has 0 saturated carbocycles. The molecule has 1 aliphatic rings. The fourth-order valence-electron chi connectivity index (χ4n) is 3.84. The van der Waals surface area contributed by atoms with Gasteiger partial charge in [0.05, 0.1) is 28.6 Å². The fourth-order valence-corrected chi connectivity index (χ4v) is 4.87. The van der Waals surface area contributed by atoms with Crippen LogP contribution in [-0.2, 0) is 6.54 Å². The van der Waals surface area contributed by atoms with Crippen LogP contribution in [0.5, 0.6) is 0 Å². The number of thiophene rings is 1. The van der Waals surface area contributed by atoms with Gasteiger partial charge >= 0.3 is 6.03 Å². The third-order valence-electron chi connectivity index (χ3n) is 5.15. The maximum atomic E-state index is 13.5. The molecule has 2 aromatic heterocycles. The molecule has 2 aromatic carbocycles. The average Bonchev–Trinajstić information content (AvgIpc) is 3.41. The number of urea groups is 1. The molecule has 29 heavy (non-hydrogen) atoms. The summed E-state index contributed by atoms with van der Waals surface area (Å²) in [5.74, 6) is 0. The highest BCUT2D eigenvalue weighted by atomic mass is 35.5. The summed E-state index contributed by atoms with van der Waals surface area (Å²) in [6.45, 7) is 0.497. The third kappa shape index (κ3) is 3.22. The van der Waals surface area contributed by atoms with E-state index in [9.17, 15) is 4.79 Å². The van der Waals surface area contributed by atoms with Crippen LogP contribution >= 0.6 is 22.9 Å². The molecule has 1 aliphatic heterocycles. The van der Waals surface area contributed by atoms with Gasteiger partial charge in [-0.15, -0.1) is 11.3 Å². The summed E-state index contributed by atoms with van der Waals surface area (Å²) in [5, 5.41) is 5.57. The van der Waals surface area contributed by atoms with Crippen LogP contribution in [0.25, 0.3) is 5.69 Å². The number of halogens is 1. The molecule has 1 unspecified atom stereocenters. The van der Waals surface area contributed by atoms with Crippen molar-refractivity contribution in [2.75, 3.05) is 5.32 Å². The zero-order valence-corrected chi connectivity index (χ0v) is 17.0. The highest BCUT2D eigenvalue weighted by molar-refractivity contribution is 7.10. The van der Waals surface area contributed by atoms with E-state index in [-0.39, 0.29) is 12.1 Å². The van der Waals surface area contributed by atoms with Gasteiger partial charge in [-0.05, 0) is 47.3 Å². The van der Waals surface area contributed by atoms with E-state index >= 15 is 0 Å². The molecule has 2 amide bonds. The van der Waals surface area contributed by atoms with Gasteiger partial charge in [0.1, 0.15) is 6.04 Å². The summed E-state index contributed by atoms with van der Waals surface area (Å²) in [4.78, 5) is 16.5. The smallest absolute Gasteiger partial charge is 0.318 e. The summed E-state index contributed by atoms with van der Waals surface area (Å²) >= 11 is 7.94. The highest BCUT2D eigenvalue weighted by Crippen LogP contribution is 2.38. The molecule has 5 rings (SSSR count). The van der Waals surface area contributed by atoms with Crippen molar-refractivity contribution in [2.45, 2.75) is 12.6 Å². The van der Waals surface area contributed by atoms with Gasteiger partial charge in [-0.2, -0.15) is 0 Å². The molecule has 0 fully saturated rings. The van der Waals surface area contributed by atoms with Crippen molar-refractivity contribution in [3.8, 4) is 5.69 Å². The molecule has 144 valence electrons. The number of nitrogens with zero attached hydrogens (tertiary/aromatic N) is 2. The van der Waals surface area contributed by atoms with Gasteiger partial charge < -0.3 is 14.8 Å². The molecular weight excluding hydrogens is 402 g/mol. The molecule has 0 bridgehead atoms. The van der Waals surface area contributed by atoms with Crippen LogP contribution in [0.1, 0.15) is 22.2 Å². The number of fused-ring (bicyclic) bond motifs is 3. The molecular formula is C23H18ClN3OS. The van der Waals surface area contributed by atoms with Gasteiger partial charge in [0.2, 0.25) is 0 Å². The second kappa shape index (κ2) is 7.43. The van der Waals surface area contributed by atoms with E-state index in [1.807, 2.05) is 52.7 Å². The number of nitrogens with one attached hydrogen (secondary N) is 1. The molecule has 0 spiro atoms. The van der Waals surface area contributed by atoms with Gasteiger partial charge in [-0.3, -0.25) is 0 Å². The predicted octanol–water partition coefficient (Wildman–Crippen LogP) is 6.33. The van der Waals surface area contributed by atoms with Gasteiger partial charge in [0.25, 0.3) is 0 Å². The van der Waals surface area contributed by atoms with E-state index in [1.165, 1.54) is 0 Å². The van der Waals surface area contributed by atoms with E-state index in [0.717, 1.165) is 21.8 Å². The number of carbonyl (C=O) groups excluding carboxylic acids is 1. The molecule has 1 N–H and O–H groups in total. The van der Waals surface area contributed by atoms with Crippen molar-refractivity contribution >= 4 is 34.7 Å². The van der Waals surface area contributed by atoms with Gasteiger partial charge in [-0.1, -0.05) is 48.0 Å². The van der Waals surface area contributed by atoms with E-state index < -0.39 is 0 Å². The van der Waals surface area contributed by atoms with Crippen molar-refractivity contribution in [3.05, 3.63) is 106 Å². The number of carbonyl (C=O) groups is 1. The molecule has 0 saturated heterocycles. The number of rotatable bonds is 2. The second-order valence-electron chi connectivity index (χ2n) is 6.89. The topological polar surface area (TPSA) is 37.3 Å². The van der Waals surface area contributed by atoms with Gasteiger partial charge in [-0.25, -0.2) is 4.79 Å². The standard InChI is InChI=1S/C23H18ClN3OS/c24-17-8-2-3-9-18(17)25-23(28)27-15-16-7-1-4-10-19(16)26-13-5-11-20(26)22(27)21-12-6-14-29-21/h1-14,22H,15H2,(H,25,28). The third-order valence-corrected chi connectivity index (χ3v) is 6.41. The SMILES string of the molecule is O=C(Nc1ccccc1Cl)N1Cc2ccccc2-n2cccc2C1c1cccs1. The Kier molecular flexibility index (Phi) is 4.62. The zero-order chi connectivity index (χ0) is 19.8. The normalized spacial score (nSPS) is 15.3. The predicted molar refractivity (Wildman–Crippen MR) is 118 cm³/mol. The summed E-state index contributed by atoms with van der Waals surface area (Å²) in [7, 11) is 0. The van der Waals surface area contributed by atoms with Crippen LogP contribution in [0.2, 0.25) is 5.02 Å². The quantitative estimate of drug-likeness (QED) is 0.405. The van der Waals surface area contributed by atoms with Crippen molar-refractivity contribution in [3.63, 3.8) is 0 Å². The first-order valence-corrected chi connectivity index (χ1v) is 10.6. The molecule has 1 atom stereocenters. The first-order chi connectivity index (χ1) is 14.2. The maximum Gasteiger partial charge on any atom is 0.323 e. The summed E-state index contributed by atoms with van der Waals surface area (Å²) in [6, 6.07) is 23.4. The fraction of sp³-hybridized carbons (Fsp3) is 0.0870. The van der Waals surface area contributed by atoms with Crippen LogP contribution in [0, 0.1) is 0 Å². The minimum absolute atomic E-state index is 0.180. The molecule has 0 radical (unpaired) electrons. The number of benzene rings is 2. The van der Waals surface area contributed by atoms with Crippen molar-refractivity contribution in [1.29, 1.82) is 0 Å². The summed E-state index contributed by atoms with van der Waals surface area (Å²) < 4.78 is 2.18. The minimum atomic E-state index is -0.195. The van der Waals surface area contributed by atoms with E-state index in [2.05, 4.69) is 40.3 Å². The largest absolute Gasteiger partial charge is 0.323 e. The Morgan fingerprint density at radius 3 is 2.66 bits per heavy atom. The van der Waals surface area contributed by atoms with Crippen molar-refractivity contribution < 1.29 is 4.79 Å². The Morgan fingerprint density at radius 2 is 1.83 bits per heavy atom. The Morgan fingerprint density at radius 1 is 1.00 bits per heavy atom. The Bertz CT molecular complexity index is 1170. The zero-order valence-electron chi connectivity index (χ0n) is 15.5. The van der Waals surface area contributed by atoms with Crippen molar-refractivity contribution in [2.24, 2.45) is 0 Å². The number of hydrogen-bond donors (Lipinski definition) is 1. The summed E-state index contributed by atoms with van der Waals surface area (Å²) in [5.41, 5.74) is 3.86. The second-order valence-corrected chi connectivity index (χ2v) is 8.27. The van der Waals surface area contributed by atoms with E-state index in [1.54, 1.807) is 17.4 Å². The first-order valence-electron chi connectivity index (χ1n) is 9.33. The summed E-state index contributed by atoms with van der Waals surface area (Å²) in [6.07, 6.45) is 2.06. The maximum absolute atomic E-state index is 13.5. The van der Waals surface area contributed by atoms with E-state index in [0.29, 0.717) is 17.3 Å². The van der Waals surface area contributed by atoms with Crippen LogP contribution < -0.4 is 5.32 Å². The Labute approximate surface area is 178 Å². The number of amides is 2. The molecule has 6 heteroatoms. The first kappa shape index (κ1) is 18.0. The molecule has 4 aromatic rings. The lowest BCUT2D eigenvalue weighted by Gasteiger charge is -2.30. The number of aromatic nitrogens is 1.